The molecule has 4 aromatic rings. The van der Waals surface area contributed by atoms with E-state index in [1.165, 1.54) is 23.1 Å². The van der Waals surface area contributed by atoms with Crippen molar-refractivity contribution in [3.05, 3.63) is 90.5 Å². The van der Waals surface area contributed by atoms with Crippen molar-refractivity contribution in [3.8, 4) is 5.69 Å². The molecule has 0 saturated carbocycles. The van der Waals surface area contributed by atoms with Crippen LogP contribution in [0.5, 0.6) is 0 Å². The van der Waals surface area contributed by atoms with Crippen LogP contribution in [0.4, 0.5) is 5.69 Å². The number of pyridine rings is 1. The highest BCUT2D eigenvalue weighted by atomic mass is 32.2. The van der Waals surface area contributed by atoms with Gasteiger partial charge in [0.1, 0.15) is 6.33 Å². The summed E-state index contributed by atoms with van der Waals surface area (Å²) in [6.07, 6.45) is 8.72. The fraction of sp³-hybridized carbons (Fsp3) is 0. The van der Waals surface area contributed by atoms with Gasteiger partial charge in [-0.3, -0.25) is 9.71 Å². The number of tetrazole rings is 1. The number of hydrogen-bond donors (Lipinski definition) is 1. The van der Waals surface area contributed by atoms with Gasteiger partial charge in [0, 0.05) is 18.1 Å². The summed E-state index contributed by atoms with van der Waals surface area (Å²) in [4.78, 5) is 4.13. The fourth-order valence-corrected chi connectivity index (χ4v) is 3.69. The molecule has 0 unspecified atom stereocenters. The third kappa shape index (κ3) is 4.53. The molecule has 0 aliphatic heterocycles. The molecule has 2 heterocycles. The molecule has 0 spiro atoms. The molecular weight excluding hydrogens is 388 g/mol. The lowest BCUT2D eigenvalue weighted by Crippen LogP contribution is -2.13. The highest BCUT2D eigenvalue weighted by Crippen LogP contribution is 2.19. The molecule has 0 atom stereocenters. The van der Waals surface area contributed by atoms with Crippen molar-refractivity contribution in [3.63, 3.8) is 0 Å². The molecule has 0 bridgehead atoms. The predicted octanol–water partition coefficient (Wildman–Crippen LogP) is 3.03. The zero-order valence-electron chi connectivity index (χ0n) is 15.1. The highest BCUT2D eigenvalue weighted by Gasteiger charge is 2.14. The largest absolute Gasteiger partial charge is 0.280 e. The molecule has 4 rings (SSSR count). The van der Waals surface area contributed by atoms with Crippen LogP contribution in [0.3, 0.4) is 0 Å². The maximum atomic E-state index is 12.7. The number of hydrogen-bond acceptors (Lipinski definition) is 6. The molecule has 0 radical (unpaired) electrons. The van der Waals surface area contributed by atoms with Gasteiger partial charge in [0.05, 0.1) is 10.6 Å². The second kappa shape index (κ2) is 8.03. The normalized spacial score (nSPS) is 11.6. The lowest BCUT2D eigenvalue weighted by Gasteiger charge is -2.09. The molecule has 0 fully saturated rings. The maximum Gasteiger partial charge on any atom is 0.261 e. The van der Waals surface area contributed by atoms with Gasteiger partial charge in [-0.2, -0.15) is 0 Å². The first-order valence-electron chi connectivity index (χ1n) is 8.65. The monoisotopic (exact) mass is 404 g/mol. The third-order valence-corrected chi connectivity index (χ3v) is 5.47. The van der Waals surface area contributed by atoms with E-state index in [-0.39, 0.29) is 4.90 Å². The predicted molar refractivity (Wildman–Crippen MR) is 110 cm³/mol. The van der Waals surface area contributed by atoms with E-state index in [1.54, 1.807) is 42.7 Å². The number of nitrogens with zero attached hydrogens (tertiary/aromatic N) is 5. The van der Waals surface area contributed by atoms with Crippen molar-refractivity contribution >= 4 is 27.9 Å². The Balaban J connectivity index is 1.51. The number of anilines is 1. The first kappa shape index (κ1) is 18.5. The standard InChI is InChI=1S/C20H16N6O2S/c27-29(28,20-8-6-19(7-9-20)26-15-22-24-25-26)23-18-3-1-2-17(14-18)5-4-16-10-12-21-13-11-16/h1-15,23H. The summed E-state index contributed by atoms with van der Waals surface area (Å²) < 4.78 is 29.5. The summed E-state index contributed by atoms with van der Waals surface area (Å²) in [5.41, 5.74) is 3.02. The Bertz CT molecular complexity index is 1220. The fourth-order valence-electron chi connectivity index (χ4n) is 2.64. The van der Waals surface area contributed by atoms with E-state index in [2.05, 4.69) is 25.2 Å². The van der Waals surface area contributed by atoms with Crippen LogP contribution in [0.15, 0.2) is 84.3 Å². The van der Waals surface area contributed by atoms with Crippen LogP contribution in [0.25, 0.3) is 17.8 Å². The van der Waals surface area contributed by atoms with Gasteiger partial charge >= 0.3 is 0 Å². The van der Waals surface area contributed by atoms with Crippen LogP contribution >= 0.6 is 0 Å². The summed E-state index contributed by atoms with van der Waals surface area (Å²) >= 11 is 0. The summed E-state index contributed by atoms with van der Waals surface area (Å²) in [7, 11) is -3.73. The van der Waals surface area contributed by atoms with Crippen LogP contribution in [-0.2, 0) is 10.0 Å². The van der Waals surface area contributed by atoms with E-state index in [1.807, 2.05) is 30.4 Å². The van der Waals surface area contributed by atoms with Crippen LogP contribution in [-0.4, -0.2) is 33.6 Å². The lowest BCUT2D eigenvalue weighted by molar-refractivity contribution is 0.601. The van der Waals surface area contributed by atoms with Crippen molar-refractivity contribution in [2.24, 2.45) is 0 Å². The average molecular weight is 404 g/mol. The molecule has 0 amide bonds. The van der Waals surface area contributed by atoms with Crippen molar-refractivity contribution in [1.82, 2.24) is 25.2 Å². The first-order valence-corrected chi connectivity index (χ1v) is 10.1. The lowest BCUT2D eigenvalue weighted by atomic mass is 10.1. The molecule has 0 saturated heterocycles. The minimum absolute atomic E-state index is 0.145. The van der Waals surface area contributed by atoms with Gasteiger partial charge in [0.2, 0.25) is 0 Å². The van der Waals surface area contributed by atoms with Crippen molar-refractivity contribution in [2.45, 2.75) is 4.90 Å². The summed E-state index contributed by atoms with van der Waals surface area (Å²) in [5.74, 6) is 0. The number of benzene rings is 2. The van der Waals surface area contributed by atoms with E-state index in [9.17, 15) is 8.42 Å². The molecular formula is C20H16N6O2S. The number of rotatable bonds is 6. The van der Waals surface area contributed by atoms with Crippen molar-refractivity contribution < 1.29 is 8.42 Å². The summed E-state index contributed by atoms with van der Waals surface area (Å²) in [6, 6.07) is 17.2. The van der Waals surface area contributed by atoms with Gasteiger partial charge < -0.3 is 0 Å². The molecule has 144 valence electrons. The quantitative estimate of drug-likeness (QED) is 0.530. The Kier molecular flexibility index (Phi) is 5.12. The Morgan fingerprint density at radius 1 is 0.897 bits per heavy atom. The van der Waals surface area contributed by atoms with E-state index in [4.69, 9.17) is 0 Å². The molecule has 0 aliphatic rings. The smallest absolute Gasteiger partial charge is 0.261 e. The molecule has 1 N–H and O–H groups in total. The van der Waals surface area contributed by atoms with Crippen LogP contribution in [0, 0.1) is 0 Å². The zero-order chi connectivity index (χ0) is 20.1. The topological polar surface area (TPSA) is 103 Å². The van der Waals surface area contributed by atoms with Gasteiger partial charge in [-0.1, -0.05) is 24.3 Å². The zero-order valence-corrected chi connectivity index (χ0v) is 15.9. The maximum absolute atomic E-state index is 12.7. The first-order chi connectivity index (χ1) is 14.1. The molecule has 2 aromatic heterocycles. The highest BCUT2D eigenvalue weighted by molar-refractivity contribution is 7.92. The number of sulfonamides is 1. The Hall–Kier alpha value is -3.85. The van der Waals surface area contributed by atoms with Crippen molar-refractivity contribution in [1.29, 1.82) is 0 Å². The third-order valence-electron chi connectivity index (χ3n) is 4.07. The minimum atomic E-state index is -3.73. The van der Waals surface area contributed by atoms with Crippen LogP contribution < -0.4 is 4.72 Å². The van der Waals surface area contributed by atoms with Gasteiger partial charge in [0.25, 0.3) is 10.0 Å². The Labute approximate surface area is 167 Å². The number of aromatic nitrogens is 5. The average Bonchev–Trinajstić information content (AvgIpc) is 3.28. The molecule has 2 aromatic carbocycles. The van der Waals surface area contributed by atoms with Gasteiger partial charge in [-0.05, 0) is 70.1 Å². The Morgan fingerprint density at radius 3 is 2.38 bits per heavy atom. The van der Waals surface area contributed by atoms with Crippen LogP contribution in [0.1, 0.15) is 11.1 Å². The molecule has 9 heteroatoms. The van der Waals surface area contributed by atoms with E-state index in [0.717, 1.165) is 11.1 Å². The van der Waals surface area contributed by atoms with Crippen LogP contribution in [0.2, 0.25) is 0 Å². The Morgan fingerprint density at radius 2 is 1.66 bits per heavy atom. The van der Waals surface area contributed by atoms with Gasteiger partial charge in [-0.25, -0.2) is 13.1 Å². The minimum Gasteiger partial charge on any atom is -0.280 e. The SMILES string of the molecule is O=S(=O)(Nc1cccc(C=Cc2ccncc2)c1)c1ccc(-n2cnnn2)cc1. The van der Waals surface area contributed by atoms with Crippen molar-refractivity contribution in [2.75, 3.05) is 4.72 Å². The second-order valence-corrected chi connectivity index (χ2v) is 7.78. The van der Waals surface area contributed by atoms with E-state index >= 15 is 0 Å². The number of nitrogens with one attached hydrogen (secondary N) is 1. The van der Waals surface area contributed by atoms with E-state index in [0.29, 0.717) is 11.4 Å². The molecule has 29 heavy (non-hydrogen) atoms. The van der Waals surface area contributed by atoms with Gasteiger partial charge in [-0.15, -0.1) is 5.10 Å². The second-order valence-electron chi connectivity index (χ2n) is 6.09. The summed E-state index contributed by atoms with van der Waals surface area (Å²) in [6.45, 7) is 0. The van der Waals surface area contributed by atoms with Gasteiger partial charge in [0.15, 0.2) is 0 Å². The van der Waals surface area contributed by atoms with E-state index < -0.39 is 10.0 Å². The summed E-state index contributed by atoms with van der Waals surface area (Å²) in [5, 5.41) is 10.9. The molecule has 8 nitrogen and oxygen atoms in total. The molecule has 0 aliphatic carbocycles.